The Morgan fingerprint density at radius 2 is 1.13 bits per heavy atom. The number of para-hydroxylation sites is 1. The first-order valence-corrected chi connectivity index (χ1v) is 16.6. The van der Waals surface area contributed by atoms with Crippen molar-refractivity contribution in [1.82, 2.24) is 14.5 Å². The highest BCUT2D eigenvalue weighted by Gasteiger charge is 2.22. The van der Waals surface area contributed by atoms with Crippen LogP contribution in [0.5, 0.6) is 0 Å². The molecule has 0 aliphatic carbocycles. The molecule has 0 aliphatic rings. The van der Waals surface area contributed by atoms with E-state index in [1.54, 1.807) is 11.3 Å². The minimum Gasteiger partial charge on any atom is -0.278 e. The molecular formula is C40H23N3S2. The van der Waals surface area contributed by atoms with Gasteiger partial charge in [0.15, 0.2) is 0 Å². The van der Waals surface area contributed by atoms with Crippen LogP contribution >= 0.6 is 22.7 Å². The highest BCUT2D eigenvalue weighted by molar-refractivity contribution is 7.26. The lowest BCUT2D eigenvalue weighted by Gasteiger charge is -2.11. The molecular weight excluding hydrogens is 587 g/mol. The minimum atomic E-state index is 0.691. The van der Waals surface area contributed by atoms with E-state index in [1.165, 1.54) is 46.8 Å². The fraction of sp³-hybridized carbons (Fsp3) is 0. The molecule has 45 heavy (non-hydrogen) atoms. The molecule has 0 N–H and O–H groups in total. The fourth-order valence-electron chi connectivity index (χ4n) is 6.84. The Kier molecular flexibility index (Phi) is 5.32. The number of thiophene rings is 2. The molecule has 5 heteroatoms. The highest BCUT2D eigenvalue weighted by Crippen LogP contribution is 2.44. The number of nitrogens with zero attached hydrogens (tertiary/aromatic N) is 3. The maximum atomic E-state index is 5.44. The van der Waals surface area contributed by atoms with Gasteiger partial charge in [-0.25, -0.2) is 9.97 Å². The second-order valence-electron chi connectivity index (χ2n) is 11.4. The summed E-state index contributed by atoms with van der Waals surface area (Å²) in [5, 5.41) is 6.24. The zero-order valence-corrected chi connectivity index (χ0v) is 25.6. The van der Waals surface area contributed by atoms with Crippen molar-refractivity contribution in [2.45, 2.75) is 0 Å². The first-order valence-electron chi connectivity index (χ1n) is 15.0. The lowest BCUT2D eigenvalue weighted by Crippen LogP contribution is -2.02. The van der Waals surface area contributed by atoms with E-state index in [1.807, 2.05) is 11.3 Å². The van der Waals surface area contributed by atoms with Gasteiger partial charge in [-0.1, -0.05) is 103 Å². The Morgan fingerprint density at radius 1 is 0.444 bits per heavy atom. The van der Waals surface area contributed by atoms with Gasteiger partial charge in [0.25, 0.3) is 0 Å². The van der Waals surface area contributed by atoms with E-state index in [9.17, 15) is 0 Å². The molecule has 0 atom stereocenters. The monoisotopic (exact) mass is 609 g/mol. The third-order valence-corrected chi connectivity index (χ3v) is 11.1. The lowest BCUT2D eigenvalue weighted by atomic mass is 10.0. The van der Waals surface area contributed by atoms with Crippen LogP contribution in [0.3, 0.4) is 0 Å². The summed E-state index contributed by atoms with van der Waals surface area (Å²) in [6.07, 6.45) is 0. The van der Waals surface area contributed by atoms with Crippen LogP contribution in [-0.4, -0.2) is 14.5 Å². The number of benzene rings is 6. The summed E-state index contributed by atoms with van der Waals surface area (Å²) in [6, 6.07) is 49.8. The van der Waals surface area contributed by atoms with Crippen LogP contribution in [0.4, 0.5) is 0 Å². The van der Waals surface area contributed by atoms with Crippen molar-refractivity contribution >= 4 is 85.0 Å². The molecule has 6 aromatic carbocycles. The van der Waals surface area contributed by atoms with Crippen LogP contribution in [0, 0.1) is 0 Å². The molecule has 0 unspecified atom stereocenters. The van der Waals surface area contributed by atoms with Gasteiger partial charge >= 0.3 is 0 Å². The van der Waals surface area contributed by atoms with E-state index < -0.39 is 0 Å². The van der Waals surface area contributed by atoms with E-state index >= 15 is 0 Å². The Morgan fingerprint density at radius 3 is 2.00 bits per heavy atom. The van der Waals surface area contributed by atoms with Gasteiger partial charge in [-0.15, -0.1) is 22.7 Å². The first kappa shape index (κ1) is 25.0. The summed E-state index contributed by atoms with van der Waals surface area (Å²) in [7, 11) is 0. The lowest BCUT2D eigenvalue weighted by molar-refractivity contribution is 1.02. The highest BCUT2D eigenvalue weighted by atomic mass is 32.1. The average molecular weight is 610 g/mol. The van der Waals surface area contributed by atoms with Crippen LogP contribution < -0.4 is 0 Å². The van der Waals surface area contributed by atoms with Gasteiger partial charge in [-0.2, -0.15) is 0 Å². The molecule has 0 spiro atoms. The number of hydrogen-bond donors (Lipinski definition) is 0. The molecule has 0 aliphatic heterocycles. The molecule has 3 nitrogen and oxygen atoms in total. The average Bonchev–Trinajstić information content (AvgIpc) is 3.77. The number of hydrogen-bond acceptors (Lipinski definition) is 4. The molecule has 10 aromatic rings. The largest absolute Gasteiger partial charge is 0.278 e. The van der Waals surface area contributed by atoms with Crippen molar-refractivity contribution in [3.8, 4) is 28.3 Å². The van der Waals surface area contributed by atoms with Gasteiger partial charge in [0.05, 0.1) is 26.9 Å². The Hall–Kier alpha value is -5.36. The van der Waals surface area contributed by atoms with Crippen LogP contribution in [-0.2, 0) is 0 Å². The molecule has 0 radical (unpaired) electrons. The van der Waals surface area contributed by atoms with E-state index in [0.717, 1.165) is 37.9 Å². The summed E-state index contributed by atoms with van der Waals surface area (Å²) in [5.74, 6) is 0.691. The molecule has 4 heterocycles. The topological polar surface area (TPSA) is 30.7 Å². The standard InChI is InChI=1S/C40H23N3S2/c1-2-11-24(12-3-1)25-13-10-14-26(23-25)37-39-38(29-17-6-9-20-33(29)45-39)42-40(41-37)43-30-18-7-4-15-27(30)35-31(43)21-22-34-36(35)28-16-5-8-19-32(28)44-34/h1-23H. The maximum Gasteiger partial charge on any atom is 0.235 e. The van der Waals surface area contributed by atoms with Crippen molar-refractivity contribution in [2.24, 2.45) is 0 Å². The van der Waals surface area contributed by atoms with E-state index in [2.05, 4.69) is 144 Å². The van der Waals surface area contributed by atoms with E-state index in [0.29, 0.717) is 5.95 Å². The van der Waals surface area contributed by atoms with Gasteiger partial charge in [0.1, 0.15) is 0 Å². The van der Waals surface area contributed by atoms with Crippen LogP contribution in [0.1, 0.15) is 0 Å². The minimum absolute atomic E-state index is 0.691. The summed E-state index contributed by atoms with van der Waals surface area (Å²) in [4.78, 5) is 10.8. The van der Waals surface area contributed by atoms with Crippen molar-refractivity contribution in [3.05, 3.63) is 140 Å². The predicted molar refractivity (Wildman–Crippen MR) is 193 cm³/mol. The van der Waals surface area contributed by atoms with E-state index in [-0.39, 0.29) is 0 Å². The summed E-state index contributed by atoms with van der Waals surface area (Å²) in [5.41, 5.74) is 7.63. The molecule has 210 valence electrons. The van der Waals surface area contributed by atoms with Crippen LogP contribution in [0.2, 0.25) is 0 Å². The molecule has 0 saturated heterocycles. The quantitative estimate of drug-likeness (QED) is 0.199. The second kappa shape index (κ2) is 9.57. The first-order chi connectivity index (χ1) is 22.3. The third kappa shape index (κ3) is 3.69. The molecule has 4 aromatic heterocycles. The summed E-state index contributed by atoms with van der Waals surface area (Å²) < 4.78 is 7.20. The van der Waals surface area contributed by atoms with Crippen molar-refractivity contribution in [1.29, 1.82) is 0 Å². The Labute approximate surface area is 266 Å². The number of rotatable bonds is 3. The zero-order chi connectivity index (χ0) is 29.5. The molecule has 10 rings (SSSR count). The van der Waals surface area contributed by atoms with Gasteiger partial charge in [0, 0.05) is 46.6 Å². The Balaban J connectivity index is 1.33. The van der Waals surface area contributed by atoms with Crippen molar-refractivity contribution < 1.29 is 0 Å². The van der Waals surface area contributed by atoms with Crippen molar-refractivity contribution in [2.75, 3.05) is 0 Å². The molecule has 0 bridgehead atoms. The van der Waals surface area contributed by atoms with Crippen LogP contribution in [0.15, 0.2) is 140 Å². The SMILES string of the molecule is c1ccc(-c2cccc(-c3nc(-n4c5ccccc5c5c6c(ccc54)sc4ccccc46)nc4c3sc3ccccc34)c2)cc1. The maximum absolute atomic E-state index is 5.44. The van der Waals surface area contributed by atoms with Gasteiger partial charge < -0.3 is 0 Å². The molecule has 0 saturated carbocycles. The van der Waals surface area contributed by atoms with E-state index in [4.69, 9.17) is 9.97 Å². The predicted octanol–water partition coefficient (Wildman–Crippen LogP) is 11.6. The Bertz CT molecular complexity index is 2770. The normalized spacial score (nSPS) is 12.0. The zero-order valence-electron chi connectivity index (χ0n) is 23.9. The van der Waals surface area contributed by atoms with Gasteiger partial charge in [-0.05, 0) is 47.5 Å². The van der Waals surface area contributed by atoms with Crippen molar-refractivity contribution in [3.63, 3.8) is 0 Å². The van der Waals surface area contributed by atoms with Gasteiger partial charge in [-0.3, -0.25) is 4.57 Å². The third-order valence-electron chi connectivity index (χ3n) is 8.83. The molecule has 0 amide bonds. The van der Waals surface area contributed by atoms with Crippen LogP contribution in [0.25, 0.3) is 90.6 Å². The molecule has 0 fully saturated rings. The number of fused-ring (bicyclic) bond motifs is 10. The summed E-state index contributed by atoms with van der Waals surface area (Å²) in [6.45, 7) is 0. The smallest absolute Gasteiger partial charge is 0.235 e. The van der Waals surface area contributed by atoms with Gasteiger partial charge in [0.2, 0.25) is 5.95 Å². The fourth-order valence-corrected chi connectivity index (χ4v) is 9.11. The summed E-state index contributed by atoms with van der Waals surface area (Å²) >= 11 is 3.62. The number of aromatic nitrogens is 3. The second-order valence-corrected chi connectivity index (χ2v) is 13.5.